The number of nitrogens with zero attached hydrogens (tertiary/aromatic N) is 1. The zero-order valence-electron chi connectivity index (χ0n) is 13.3. The first-order valence-corrected chi connectivity index (χ1v) is 7.22. The Morgan fingerprint density at radius 1 is 0.818 bits per heavy atom. The highest BCUT2D eigenvalue weighted by Gasteiger charge is 2.12. The lowest BCUT2D eigenvalue weighted by atomic mass is 10.0. The number of pyridine rings is 1. The Balaban J connectivity index is 2.26. The van der Waals surface area contributed by atoms with Crippen molar-refractivity contribution in [2.45, 2.75) is 13.8 Å². The van der Waals surface area contributed by atoms with E-state index in [1.165, 1.54) is 5.56 Å². The summed E-state index contributed by atoms with van der Waals surface area (Å²) in [5, 5.41) is 1.07. The van der Waals surface area contributed by atoms with E-state index in [1.807, 2.05) is 25.1 Å². The molecule has 0 radical (unpaired) electrons. The molecule has 0 amide bonds. The van der Waals surface area contributed by atoms with Gasteiger partial charge in [0.1, 0.15) is 17.2 Å². The summed E-state index contributed by atoms with van der Waals surface area (Å²) in [7, 11) is 3.35. The third kappa shape index (κ3) is 2.62. The van der Waals surface area contributed by atoms with Gasteiger partial charge in [0.05, 0.1) is 19.7 Å². The first kappa shape index (κ1) is 14.4. The molecular weight excluding hydrogens is 274 g/mol. The van der Waals surface area contributed by atoms with Crippen LogP contribution >= 0.6 is 0 Å². The summed E-state index contributed by atoms with van der Waals surface area (Å²) in [6, 6.07) is 14.4. The predicted octanol–water partition coefficient (Wildman–Crippen LogP) is 4.54. The number of benzene rings is 2. The maximum absolute atomic E-state index is 5.55. The van der Waals surface area contributed by atoms with Crippen LogP contribution in [0, 0.1) is 13.8 Å². The summed E-state index contributed by atoms with van der Waals surface area (Å²) in [5.74, 6) is 1.59. The smallest absolute Gasteiger partial charge is 0.145 e. The quantitative estimate of drug-likeness (QED) is 0.710. The van der Waals surface area contributed by atoms with Gasteiger partial charge in [0.15, 0.2) is 0 Å². The molecule has 0 atom stereocenters. The number of aromatic nitrogens is 1. The minimum atomic E-state index is 0.768. The van der Waals surface area contributed by atoms with Gasteiger partial charge >= 0.3 is 0 Å². The molecule has 0 aliphatic rings. The number of aryl methyl sites for hydroxylation is 2. The van der Waals surface area contributed by atoms with E-state index < -0.39 is 0 Å². The van der Waals surface area contributed by atoms with Gasteiger partial charge in [-0.25, -0.2) is 4.98 Å². The average molecular weight is 293 g/mol. The molecule has 0 spiro atoms. The fourth-order valence-corrected chi connectivity index (χ4v) is 2.62. The van der Waals surface area contributed by atoms with Gasteiger partial charge in [-0.15, -0.1) is 0 Å². The van der Waals surface area contributed by atoms with Gasteiger partial charge in [-0.3, -0.25) is 0 Å². The SMILES string of the molecule is COc1cc(C)cc(-c2nc3cc(C)ccc3cc2OC)c1. The summed E-state index contributed by atoms with van der Waals surface area (Å²) in [4.78, 5) is 4.81. The Morgan fingerprint density at radius 2 is 1.64 bits per heavy atom. The molecule has 0 saturated carbocycles. The van der Waals surface area contributed by atoms with Crippen LogP contribution in [0.3, 0.4) is 0 Å². The molecule has 3 aromatic rings. The number of methoxy groups -OCH3 is 2. The second-order valence-electron chi connectivity index (χ2n) is 5.47. The van der Waals surface area contributed by atoms with E-state index in [0.717, 1.165) is 39.2 Å². The highest BCUT2D eigenvalue weighted by atomic mass is 16.5. The van der Waals surface area contributed by atoms with Crippen molar-refractivity contribution in [3.63, 3.8) is 0 Å². The van der Waals surface area contributed by atoms with Gasteiger partial charge in [0.25, 0.3) is 0 Å². The number of hydrogen-bond donors (Lipinski definition) is 0. The van der Waals surface area contributed by atoms with E-state index >= 15 is 0 Å². The maximum atomic E-state index is 5.55. The first-order chi connectivity index (χ1) is 10.6. The van der Waals surface area contributed by atoms with E-state index in [-0.39, 0.29) is 0 Å². The molecule has 0 bridgehead atoms. The fraction of sp³-hybridized carbons (Fsp3) is 0.211. The molecule has 3 nitrogen and oxygen atoms in total. The zero-order valence-corrected chi connectivity index (χ0v) is 13.3. The zero-order chi connectivity index (χ0) is 15.7. The normalized spacial score (nSPS) is 10.7. The topological polar surface area (TPSA) is 31.4 Å². The third-order valence-corrected chi connectivity index (χ3v) is 3.72. The largest absolute Gasteiger partial charge is 0.497 e. The van der Waals surface area contributed by atoms with Crippen molar-refractivity contribution >= 4 is 10.9 Å². The molecule has 0 N–H and O–H groups in total. The van der Waals surface area contributed by atoms with E-state index in [0.29, 0.717) is 0 Å². The Labute approximate surface area is 130 Å². The van der Waals surface area contributed by atoms with Crippen molar-refractivity contribution in [2.75, 3.05) is 14.2 Å². The number of rotatable bonds is 3. The van der Waals surface area contributed by atoms with Gasteiger partial charge in [-0.05, 0) is 55.3 Å². The molecule has 22 heavy (non-hydrogen) atoms. The molecule has 3 heteroatoms. The highest BCUT2D eigenvalue weighted by molar-refractivity contribution is 5.85. The average Bonchev–Trinajstić information content (AvgIpc) is 2.52. The molecule has 1 aromatic heterocycles. The lowest BCUT2D eigenvalue weighted by Crippen LogP contribution is -1.94. The van der Waals surface area contributed by atoms with Crippen molar-refractivity contribution in [1.29, 1.82) is 0 Å². The molecule has 0 aliphatic carbocycles. The van der Waals surface area contributed by atoms with E-state index in [4.69, 9.17) is 14.5 Å². The minimum absolute atomic E-state index is 0.768. The monoisotopic (exact) mass is 293 g/mol. The number of ether oxygens (including phenoxy) is 2. The van der Waals surface area contributed by atoms with Gasteiger partial charge in [0, 0.05) is 10.9 Å². The number of hydrogen-bond acceptors (Lipinski definition) is 3. The van der Waals surface area contributed by atoms with E-state index in [2.05, 4.69) is 31.2 Å². The van der Waals surface area contributed by atoms with Gasteiger partial charge < -0.3 is 9.47 Å². The second-order valence-corrected chi connectivity index (χ2v) is 5.47. The molecule has 0 saturated heterocycles. The first-order valence-electron chi connectivity index (χ1n) is 7.22. The Hall–Kier alpha value is -2.55. The second kappa shape index (κ2) is 5.68. The van der Waals surface area contributed by atoms with Gasteiger partial charge in [0.2, 0.25) is 0 Å². The maximum Gasteiger partial charge on any atom is 0.145 e. The molecule has 112 valence electrons. The summed E-state index contributed by atoms with van der Waals surface area (Å²) >= 11 is 0. The highest BCUT2D eigenvalue weighted by Crippen LogP contribution is 2.34. The van der Waals surface area contributed by atoms with Crippen molar-refractivity contribution in [1.82, 2.24) is 4.98 Å². The van der Waals surface area contributed by atoms with E-state index in [1.54, 1.807) is 14.2 Å². The van der Waals surface area contributed by atoms with Crippen LogP contribution in [0.5, 0.6) is 11.5 Å². The lowest BCUT2D eigenvalue weighted by Gasteiger charge is -2.12. The molecule has 0 unspecified atom stereocenters. The van der Waals surface area contributed by atoms with Crippen LogP contribution in [0.1, 0.15) is 11.1 Å². The lowest BCUT2D eigenvalue weighted by molar-refractivity contribution is 0.413. The molecule has 0 aliphatic heterocycles. The molecule has 2 aromatic carbocycles. The van der Waals surface area contributed by atoms with Crippen molar-refractivity contribution in [3.05, 3.63) is 53.6 Å². The minimum Gasteiger partial charge on any atom is -0.497 e. The summed E-state index contributed by atoms with van der Waals surface area (Å²) in [6.07, 6.45) is 0. The van der Waals surface area contributed by atoms with Crippen LogP contribution < -0.4 is 9.47 Å². The van der Waals surface area contributed by atoms with Crippen LogP contribution in [-0.4, -0.2) is 19.2 Å². The summed E-state index contributed by atoms with van der Waals surface area (Å²) in [6.45, 7) is 4.12. The standard InChI is InChI=1S/C19H19NO2/c1-12-5-6-14-11-18(22-4)19(20-17(14)9-12)15-7-13(2)8-16(10-15)21-3/h5-11H,1-4H3. The molecule has 1 heterocycles. The Bertz CT molecular complexity index is 840. The van der Waals surface area contributed by atoms with Crippen molar-refractivity contribution < 1.29 is 9.47 Å². The van der Waals surface area contributed by atoms with Crippen LogP contribution in [0.4, 0.5) is 0 Å². The number of fused-ring (bicyclic) bond motifs is 1. The van der Waals surface area contributed by atoms with Crippen molar-refractivity contribution in [2.24, 2.45) is 0 Å². The van der Waals surface area contributed by atoms with Crippen LogP contribution in [0.15, 0.2) is 42.5 Å². The summed E-state index contributed by atoms with van der Waals surface area (Å²) in [5.41, 5.74) is 5.12. The summed E-state index contributed by atoms with van der Waals surface area (Å²) < 4.78 is 10.9. The fourth-order valence-electron chi connectivity index (χ4n) is 2.62. The molecule has 0 fully saturated rings. The van der Waals surface area contributed by atoms with Crippen LogP contribution in [0.25, 0.3) is 22.2 Å². The Morgan fingerprint density at radius 3 is 2.36 bits per heavy atom. The van der Waals surface area contributed by atoms with E-state index in [9.17, 15) is 0 Å². The molecular formula is C19H19NO2. The Kier molecular flexibility index (Phi) is 3.72. The predicted molar refractivity (Wildman–Crippen MR) is 89.8 cm³/mol. The van der Waals surface area contributed by atoms with Crippen LogP contribution in [0.2, 0.25) is 0 Å². The van der Waals surface area contributed by atoms with Gasteiger partial charge in [-0.1, -0.05) is 12.1 Å². The van der Waals surface area contributed by atoms with Crippen LogP contribution in [-0.2, 0) is 0 Å². The van der Waals surface area contributed by atoms with Crippen molar-refractivity contribution in [3.8, 4) is 22.8 Å². The van der Waals surface area contributed by atoms with Gasteiger partial charge in [-0.2, -0.15) is 0 Å². The molecule has 3 rings (SSSR count). The third-order valence-electron chi connectivity index (χ3n) is 3.72.